The van der Waals surface area contributed by atoms with Crippen LogP contribution in [0.15, 0.2) is 50.4 Å². The second-order valence-corrected chi connectivity index (χ2v) is 5.44. The predicted molar refractivity (Wildman–Crippen MR) is 92.5 cm³/mol. The number of hydrogen-bond donors (Lipinski definition) is 1. The van der Waals surface area contributed by atoms with E-state index in [1.54, 1.807) is 26.5 Å². The van der Waals surface area contributed by atoms with Gasteiger partial charge in [0.25, 0.3) is 0 Å². The fourth-order valence-electron chi connectivity index (χ4n) is 2.06. The molecule has 23 heavy (non-hydrogen) atoms. The van der Waals surface area contributed by atoms with Gasteiger partial charge in [0.05, 0.1) is 24.9 Å². The Kier molecular flexibility index (Phi) is 4.47. The van der Waals surface area contributed by atoms with Crippen LogP contribution < -0.4 is 14.9 Å². The van der Waals surface area contributed by atoms with E-state index in [1.165, 1.54) is 0 Å². The Morgan fingerprint density at radius 1 is 1.17 bits per heavy atom. The van der Waals surface area contributed by atoms with Gasteiger partial charge in [-0.05, 0) is 34.1 Å². The molecular formula is C16H14BrN3O3. The van der Waals surface area contributed by atoms with Crippen molar-refractivity contribution in [2.45, 2.75) is 0 Å². The summed E-state index contributed by atoms with van der Waals surface area (Å²) in [6, 6.07) is 11.5. The molecule has 0 radical (unpaired) electrons. The topological polar surface area (TPSA) is 68.9 Å². The number of benzene rings is 2. The van der Waals surface area contributed by atoms with Gasteiger partial charge in [-0.1, -0.05) is 12.1 Å². The summed E-state index contributed by atoms with van der Waals surface area (Å²) < 4.78 is 16.9. The van der Waals surface area contributed by atoms with Gasteiger partial charge >= 0.3 is 6.01 Å². The van der Waals surface area contributed by atoms with Crippen molar-refractivity contribution in [3.8, 4) is 11.5 Å². The molecule has 0 spiro atoms. The highest BCUT2D eigenvalue weighted by Gasteiger charge is 2.08. The summed E-state index contributed by atoms with van der Waals surface area (Å²) >= 11 is 3.44. The third-order valence-electron chi connectivity index (χ3n) is 3.16. The molecule has 3 aromatic rings. The number of para-hydroxylation sites is 2. The Morgan fingerprint density at radius 2 is 1.96 bits per heavy atom. The molecule has 1 heterocycles. The quantitative estimate of drug-likeness (QED) is 0.537. The van der Waals surface area contributed by atoms with Crippen molar-refractivity contribution in [1.29, 1.82) is 0 Å². The van der Waals surface area contributed by atoms with Crippen LogP contribution in [-0.2, 0) is 0 Å². The van der Waals surface area contributed by atoms with E-state index in [1.807, 2.05) is 30.3 Å². The number of hydrazone groups is 1. The fraction of sp³-hybridized carbons (Fsp3) is 0.125. The third-order valence-corrected chi connectivity index (χ3v) is 3.78. The van der Waals surface area contributed by atoms with Gasteiger partial charge in [0.2, 0.25) is 0 Å². The molecule has 0 saturated carbocycles. The number of hydrogen-bond acceptors (Lipinski definition) is 6. The molecule has 0 aliphatic rings. The zero-order valence-electron chi connectivity index (χ0n) is 12.5. The minimum Gasteiger partial charge on any atom is -0.496 e. The number of nitrogens with zero attached hydrogens (tertiary/aromatic N) is 2. The molecule has 0 aliphatic carbocycles. The highest BCUT2D eigenvalue weighted by atomic mass is 79.9. The average molecular weight is 376 g/mol. The minimum atomic E-state index is 0.328. The van der Waals surface area contributed by atoms with Gasteiger partial charge in [0, 0.05) is 11.6 Å². The average Bonchev–Trinajstić information content (AvgIpc) is 2.98. The van der Waals surface area contributed by atoms with E-state index in [-0.39, 0.29) is 0 Å². The van der Waals surface area contributed by atoms with Crippen molar-refractivity contribution < 1.29 is 13.9 Å². The lowest BCUT2D eigenvalue weighted by molar-refractivity contribution is 0.392. The Hall–Kier alpha value is -2.54. The zero-order chi connectivity index (χ0) is 16.2. The number of oxazole rings is 1. The number of nitrogens with one attached hydrogen (secondary N) is 1. The van der Waals surface area contributed by atoms with Gasteiger partial charge in [-0.25, -0.2) is 5.43 Å². The standard InChI is InChI=1S/C16H14BrN3O3/c1-21-14-8-15(22-2)11(17)7-10(14)9-18-20-16-19-12-5-3-4-6-13(12)23-16/h3-9H,1-2H3,(H,19,20). The molecule has 0 amide bonds. The van der Waals surface area contributed by atoms with Crippen LogP contribution in [-0.4, -0.2) is 25.4 Å². The molecule has 0 saturated heterocycles. The van der Waals surface area contributed by atoms with E-state index >= 15 is 0 Å². The fourth-order valence-corrected chi connectivity index (χ4v) is 2.58. The monoisotopic (exact) mass is 375 g/mol. The number of anilines is 1. The van der Waals surface area contributed by atoms with Crippen molar-refractivity contribution in [2.75, 3.05) is 19.6 Å². The van der Waals surface area contributed by atoms with Crippen LogP contribution in [0.25, 0.3) is 11.1 Å². The van der Waals surface area contributed by atoms with Gasteiger partial charge in [-0.3, -0.25) is 0 Å². The van der Waals surface area contributed by atoms with Gasteiger partial charge in [-0.15, -0.1) is 0 Å². The molecule has 0 bridgehead atoms. The van der Waals surface area contributed by atoms with Crippen molar-refractivity contribution >= 4 is 39.3 Å². The molecule has 6 nitrogen and oxygen atoms in total. The first-order valence-corrected chi connectivity index (χ1v) is 7.56. The molecular weight excluding hydrogens is 362 g/mol. The maximum Gasteiger partial charge on any atom is 0.316 e. The van der Waals surface area contributed by atoms with Crippen molar-refractivity contribution in [1.82, 2.24) is 4.98 Å². The summed E-state index contributed by atoms with van der Waals surface area (Å²) in [6.07, 6.45) is 1.62. The molecule has 1 N–H and O–H groups in total. The number of methoxy groups -OCH3 is 2. The number of halogens is 1. The van der Waals surface area contributed by atoms with Crippen LogP contribution in [0.4, 0.5) is 6.01 Å². The molecule has 0 fully saturated rings. The van der Waals surface area contributed by atoms with Gasteiger partial charge < -0.3 is 13.9 Å². The minimum absolute atomic E-state index is 0.328. The van der Waals surface area contributed by atoms with E-state index in [2.05, 4.69) is 31.4 Å². The molecule has 7 heteroatoms. The molecule has 2 aromatic carbocycles. The third kappa shape index (κ3) is 3.29. The van der Waals surface area contributed by atoms with Crippen molar-refractivity contribution in [3.63, 3.8) is 0 Å². The highest BCUT2D eigenvalue weighted by Crippen LogP contribution is 2.32. The number of rotatable bonds is 5. The summed E-state index contributed by atoms with van der Waals surface area (Å²) in [5.41, 5.74) is 5.03. The smallest absolute Gasteiger partial charge is 0.316 e. The number of ether oxygens (including phenoxy) is 2. The van der Waals surface area contributed by atoms with Crippen LogP contribution in [0.2, 0.25) is 0 Å². The molecule has 118 valence electrons. The SMILES string of the molecule is COc1cc(OC)c(C=NNc2nc3ccccc3o2)cc1Br. The Morgan fingerprint density at radius 3 is 2.70 bits per heavy atom. The molecule has 1 aromatic heterocycles. The summed E-state index contributed by atoms with van der Waals surface area (Å²) in [4.78, 5) is 4.28. The lowest BCUT2D eigenvalue weighted by Gasteiger charge is -2.09. The van der Waals surface area contributed by atoms with E-state index in [4.69, 9.17) is 13.9 Å². The van der Waals surface area contributed by atoms with Crippen molar-refractivity contribution in [3.05, 3.63) is 46.4 Å². The Bertz CT molecular complexity index is 828. The normalized spacial score (nSPS) is 11.1. The Balaban J connectivity index is 1.81. The molecule has 3 rings (SSSR count). The summed E-state index contributed by atoms with van der Waals surface area (Å²) in [6.45, 7) is 0. The second kappa shape index (κ2) is 6.70. The maximum atomic E-state index is 5.53. The summed E-state index contributed by atoms with van der Waals surface area (Å²) in [5.74, 6) is 1.33. The summed E-state index contributed by atoms with van der Waals surface area (Å²) in [5, 5.41) is 4.14. The second-order valence-electron chi connectivity index (χ2n) is 4.59. The number of aromatic nitrogens is 1. The lowest BCUT2D eigenvalue weighted by Crippen LogP contribution is -1.96. The Labute approximate surface area is 141 Å². The van der Waals surface area contributed by atoms with E-state index in [9.17, 15) is 0 Å². The van der Waals surface area contributed by atoms with Gasteiger partial charge in [-0.2, -0.15) is 10.1 Å². The van der Waals surface area contributed by atoms with Crippen LogP contribution in [0.3, 0.4) is 0 Å². The highest BCUT2D eigenvalue weighted by molar-refractivity contribution is 9.10. The first-order chi connectivity index (χ1) is 11.2. The van der Waals surface area contributed by atoms with Crippen LogP contribution >= 0.6 is 15.9 Å². The van der Waals surface area contributed by atoms with Crippen LogP contribution in [0, 0.1) is 0 Å². The molecule has 0 atom stereocenters. The predicted octanol–water partition coefficient (Wildman–Crippen LogP) is 4.05. The van der Waals surface area contributed by atoms with Crippen molar-refractivity contribution in [2.24, 2.45) is 5.10 Å². The summed E-state index contributed by atoms with van der Waals surface area (Å²) in [7, 11) is 3.19. The van der Waals surface area contributed by atoms with Gasteiger partial charge in [0.15, 0.2) is 5.58 Å². The lowest BCUT2D eigenvalue weighted by atomic mass is 10.2. The first kappa shape index (κ1) is 15.4. The van der Waals surface area contributed by atoms with Gasteiger partial charge in [0.1, 0.15) is 17.0 Å². The van der Waals surface area contributed by atoms with E-state index < -0.39 is 0 Å². The molecule has 0 aliphatic heterocycles. The zero-order valence-corrected chi connectivity index (χ0v) is 14.1. The van der Waals surface area contributed by atoms with E-state index in [0.29, 0.717) is 23.1 Å². The van der Waals surface area contributed by atoms with E-state index in [0.717, 1.165) is 15.6 Å². The first-order valence-electron chi connectivity index (χ1n) is 6.77. The maximum absolute atomic E-state index is 5.53. The van der Waals surface area contributed by atoms with Crippen LogP contribution in [0.5, 0.6) is 11.5 Å². The molecule has 0 unspecified atom stereocenters. The largest absolute Gasteiger partial charge is 0.496 e. The van der Waals surface area contributed by atoms with Crippen LogP contribution in [0.1, 0.15) is 5.56 Å². The number of fused-ring (bicyclic) bond motifs is 1.